The summed E-state index contributed by atoms with van der Waals surface area (Å²) in [4.78, 5) is 27.8. The van der Waals surface area contributed by atoms with Crippen molar-refractivity contribution in [1.29, 1.82) is 0 Å². The Kier molecular flexibility index (Phi) is 8.15. The molecule has 0 saturated heterocycles. The van der Waals surface area contributed by atoms with Gasteiger partial charge in [-0.05, 0) is 61.2 Å². The second kappa shape index (κ2) is 11.7. The number of hydrogen-bond donors (Lipinski definition) is 2. The number of hydrogen-bond acceptors (Lipinski definition) is 6. The molecule has 0 aliphatic carbocycles. The van der Waals surface area contributed by atoms with E-state index in [1.807, 2.05) is 85.8 Å². The zero-order chi connectivity index (χ0) is 27.1. The molecule has 196 valence electrons. The second-order valence-electron chi connectivity index (χ2n) is 9.84. The van der Waals surface area contributed by atoms with Gasteiger partial charge in [0.15, 0.2) is 0 Å². The Labute approximate surface area is 222 Å². The number of nitrogens with zero attached hydrogens (tertiary/aromatic N) is 4. The zero-order valence-corrected chi connectivity index (χ0v) is 22.0. The number of carbonyl (C=O) groups excluding carboxylic acids is 2. The molecule has 1 heterocycles. The maximum atomic E-state index is 13.7. The van der Waals surface area contributed by atoms with Gasteiger partial charge >= 0.3 is 6.09 Å². The van der Waals surface area contributed by atoms with Crippen LogP contribution in [0.25, 0.3) is 22.5 Å². The number of tetrazole rings is 1. The van der Waals surface area contributed by atoms with E-state index in [1.54, 1.807) is 25.7 Å². The van der Waals surface area contributed by atoms with Gasteiger partial charge in [-0.25, -0.2) is 4.79 Å². The van der Waals surface area contributed by atoms with Gasteiger partial charge in [0, 0.05) is 11.3 Å². The molecule has 9 nitrogen and oxygen atoms in total. The molecule has 4 rings (SSSR count). The average Bonchev–Trinajstić information content (AvgIpc) is 3.45. The Balaban J connectivity index is 1.57. The van der Waals surface area contributed by atoms with Crippen molar-refractivity contribution in [2.45, 2.75) is 52.3 Å². The summed E-state index contributed by atoms with van der Waals surface area (Å²) in [6, 6.07) is 24.6. The standard InChI is InChI=1S/C29H32N6O3/c1-5-25(30-28(37)38-29(2,3)4)27(36)35(22-11-7-6-8-12-22)19-20-15-17-21(18-16-20)23-13-9-10-14-24(23)26-31-33-34-32-26/h6-18,25H,5,19H2,1-4H3,(H,30,37)(H,31,32,33,34). The van der Waals surface area contributed by atoms with Gasteiger partial charge in [-0.1, -0.05) is 73.7 Å². The molecule has 0 aliphatic heterocycles. The lowest BCUT2D eigenvalue weighted by molar-refractivity contribution is -0.120. The summed E-state index contributed by atoms with van der Waals surface area (Å²) in [5, 5.41) is 17.1. The summed E-state index contributed by atoms with van der Waals surface area (Å²) in [7, 11) is 0. The van der Waals surface area contributed by atoms with Crippen molar-refractivity contribution >= 4 is 17.7 Å². The maximum absolute atomic E-state index is 13.7. The number of amides is 2. The molecule has 0 aliphatic rings. The van der Waals surface area contributed by atoms with Crippen LogP contribution in [-0.4, -0.2) is 44.3 Å². The van der Waals surface area contributed by atoms with E-state index in [0.717, 1.165) is 27.9 Å². The summed E-state index contributed by atoms with van der Waals surface area (Å²) < 4.78 is 5.38. The van der Waals surface area contributed by atoms with Gasteiger partial charge in [-0.2, -0.15) is 5.21 Å². The molecule has 4 aromatic rings. The third kappa shape index (κ3) is 6.61. The number of aromatic nitrogens is 4. The van der Waals surface area contributed by atoms with E-state index in [1.165, 1.54) is 0 Å². The van der Waals surface area contributed by atoms with Gasteiger partial charge in [0.1, 0.15) is 11.6 Å². The molecule has 2 amide bonds. The van der Waals surface area contributed by atoms with Crippen LogP contribution in [0.15, 0.2) is 78.9 Å². The number of nitrogens with one attached hydrogen (secondary N) is 2. The van der Waals surface area contributed by atoms with Crippen LogP contribution in [0.5, 0.6) is 0 Å². The van der Waals surface area contributed by atoms with Crippen molar-refractivity contribution in [3.05, 3.63) is 84.4 Å². The van der Waals surface area contributed by atoms with Crippen molar-refractivity contribution in [2.75, 3.05) is 4.90 Å². The molecular weight excluding hydrogens is 480 g/mol. The van der Waals surface area contributed by atoms with Gasteiger partial charge < -0.3 is 15.0 Å². The van der Waals surface area contributed by atoms with E-state index in [0.29, 0.717) is 18.8 Å². The lowest BCUT2D eigenvalue weighted by Gasteiger charge is -2.28. The first-order chi connectivity index (χ1) is 18.2. The van der Waals surface area contributed by atoms with Gasteiger partial charge in [-0.3, -0.25) is 4.79 Å². The van der Waals surface area contributed by atoms with Crippen molar-refractivity contribution < 1.29 is 14.3 Å². The minimum absolute atomic E-state index is 0.212. The SMILES string of the molecule is CCC(NC(=O)OC(C)(C)C)C(=O)N(Cc1ccc(-c2ccccc2-c2nn[nH]n2)cc1)c1ccccc1. The predicted octanol–water partition coefficient (Wildman–Crippen LogP) is 5.37. The lowest BCUT2D eigenvalue weighted by Crippen LogP contribution is -2.49. The summed E-state index contributed by atoms with van der Waals surface area (Å²) in [6.07, 6.45) is -0.192. The molecule has 0 saturated carbocycles. The van der Waals surface area contributed by atoms with Gasteiger partial charge in [0.05, 0.1) is 6.54 Å². The first kappa shape index (κ1) is 26.5. The van der Waals surface area contributed by atoms with Crippen molar-refractivity contribution in [2.24, 2.45) is 0 Å². The topological polar surface area (TPSA) is 113 Å². The Morgan fingerprint density at radius 3 is 2.21 bits per heavy atom. The third-order valence-electron chi connectivity index (χ3n) is 5.85. The monoisotopic (exact) mass is 512 g/mol. The molecule has 0 radical (unpaired) electrons. The molecule has 1 aromatic heterocycles. The van der Waals surface area contributed by atoms with E-state index in [9.17, 15) is 9.59 Å². The molecular formula is C29H32N6O3. The largest absolute Gasteiger partial charge is 0.444 e. The van der Waals surface area contributed by atoms with Crippen LogP contribution in [0.4, 0.5) is 10.5 Å². The molecule has 0 fully saturated rings. The van der Waals surface area contributed by atoms with Gasteiger partial charge in [0.25, 0.3) is 0 Å². The van der Waals surface area contributed by atoms with Crippen LogP contribution in [-0.2, 0) is 16.1 Å². The van der Waals surface area contributed by atoms with E-state index in [4.69, 9.17) is 4.74 Å². The molecule has 2 N–H and O–H groups in total. The van der Waals surface area contributed by atoms with Crippen LogP contribution in [0, 0.1) is 0 Å². The predicted molar refractivity (Wildman–Crippen MR) is 146 cm³/mol. The highest BCUT2D eigenvalue weighted by Crippen LogP contribution is 2.30. The molecule has 9 heteroatoms. The summed E-state index contributed by atoms with van der Waals surface area (Å²) in [5.41, 5.74) is 3.86. The second-order valence-corrected chi connectivity index (χ2v) is 9.84. The fourth-order valence-corrected chi connectivity index (χ4v) is 4.06. The first-order valence-electron chi connectivity index (χ1n) is 12.5. The molecule has 38 heavy (non-hydrogen) atoms. The highest BCUT2D eigenvalue weighted by atomic mass is 16.6. The smallest absolute Gasteiger partial charge is 0.408 e. The Morgan fingerprint density at radius 1 is 0.947 bits per heavy atom. The Hall–Kier alpha value is -4.53. The maximum Gasteiger partial charge on any atom is 0.408 e. The fraction of sp³-hybridized carbons (Fsp3) is 0.276. The molecule has 3 aromatic carbocycles. The van der Waals surface area contributed by atoms with Crippen LogP contribution in [0.1, 0.15) is 39.7 Å². The van der Waals surface area contributed by atoms with Crippen molar-refractivity contribution in [1.82, 2.24) is 25.9 Å². The molecule has 1 unspecified atom stereocenters. The Morgan fingerprint density at radius 2 is 1.61 bits per heavy atom. The molecule has 0 bridgehead atoms. The number of ether oxygens (including phenoxy) is 1. The highest BCUT2D eigenvalue weighted by molar-refractivity contribution is 5.98. The number of alkyl carbamates (subject to hydrolysis) is 1. The molecule has 0 spiro atoms. The van der Waals surface area contributed by atoms with E-state index < -0.39 is 17.7 Å². The lowest BCUT2D eigenvalue weighted by atomic mass is 9.98. The van der Waals surface area contributed by atoms with Crippen molar-refractivity contribution in [3.8, 4) is 22.5 Å². The normalized spacial score (nSPS) is 12.0. The molecule has 1 atom stereocenters. The van der Waals surface area contributed by atoms with E-state index in [2.05, 4.69) is 25.9 Å². The fourth-order valence-electron chi connectivity index (χ4n) is 4.06. The number of benzene rings is 3. The number of aromatic amines is 1. The van der Waals surface area contributed by atoms with Crippen LogP contribution < -0.4 is 10.2 Å². The third-order valence-corrected chi connectivity index (χ3v) is 5.85. The minimum Gasteiger partial charge on any atom is -0.444 e. The summed E-state index contributed by atoms with van der Waals surface area (Å²) >= 11 is 0. The van der Waals surface area contributed by atoms with Crippen LogP contribution in [0.2, 0.25) is 0 Å². The van der Waals surface area contributed by atoms with E-state index in [-0.39, 0.29) is 5.91 Å². The van der Waals surface area contributed by atoms with Crippen LogP contribution in [0.3, 0.4) is 0 Å². The van der Waals surface area contributed by atoms with Crippen LogP contribution >= 0.6 is 0 Å². The number of H-pyrrole nitrogens is 1. The quantitative estimate of drug-likeness (QED) is 0.328. The number of para-hydroxylation sites is 1. The van der Waals surface area contributed by atoms with Crippen molar-refractivity contribution in [3.63, 3.8) is 0 Å². The summed E-state index contributed by atoms with van der Waals surface area (Å²) in [5.74, 6) is 0.310. The number of anilines is 1. The number of carbonyl (C=O) groups is 2. The average molecular weight is 513 g/mol. The van der Waals surface area contributed by atoms with Gasteiger partial charge in [0.2, 0.25) is 11.7 Å². The first-order valence-corrected chi connectivity index (χ1v) is 12.5. The van der Waals surface area contributed by atoms with E-state index >= 15 is 0 Å². The highest BCUT2D eigenvalue weighted by Gasteiger charge is 2.28. The number of rotatable bonds is 8. The zero-order valence-electron chi connectivity index (χ0n) is 22.0. The summed E-state index contributed by atoms with van der Waals surface area (Å²) in [6.45, 7) is 7.56. The Bertz CT molecular complexity index is 1350. The minimum atomic E-state index is -0.730. The van der Waals surface area contributed by atoms with Gasteiger partial charge in [-0.15, -0.1) is 10.2 Å².